The van der Waals surface area contributed by atoms with Crippen LogP contribution in [-0.2, 0) is 0 Å². The van der Waals surface area contributed by atoms with Crippen LogP contribution in [0, 0.1) is 5.41 Å². The first-order valence-electron chi connectivity index (χ1n) is 4.41. The minimum atomic E-state index is -4.19. The molecule has 0 heterocycles. The number of hydrogen-bond acceptors (Lipinski definition) is 3. The van der Waals surface area contributed by atoms with Crippen LogP contribution in [0.25, 0.3) is 0 Å². The van der Waals surface area contributed by atoms with Gasteiger partial charge >= 0.3 is 5.51 Å². The molecule has 86 valence electrons. The van der Waals surface area contributed by atoms with E-state index in [4.69, 9.17) is 10.8 Å². The first-order valence-corrected chi connectivity index (χ1v) is 5.39. The minimum absolute atomic E-state index is 0.0465. The van der Waals surface area contributed by atoms with Crippen molar-refractivity contribution in [2.45, 2.75) is 25.3 Å². The second-order valence-corrected chi connectivity index (χ2v) is 4.42. The van der Waals surface area contributed by atoms with Crippen LogP contribution in [0.3, 0.4) is 0 Å². The van der Waals surface area contributed by atoms with Crippen LogP contribution >= 0.6 is 11.8 Å². The monoisotopic (exact) mass is 231 g/mol. The SMILES string of the molecule is CCC(CN)(CO)CCSC(F)(F)F. The summed E-state index contributed by atoms with van der Waals surface area (Å²) in [6.07, 6.45) is 0.888. The van der Waals surface area contributed by atoms with Crippen molar-refractivity contribution in [3.8, 4) is 0 Å². The third-order valence-electron chi connectivity index (χ3n) is 2.42. The van der Waals surface area contributed by atoms with E-state index in [1.807, 2.05) is 6.92 Å². The number of alkyl halides is 3. The third kappa shape index (κ3) is 5.07. The molecular weight excluding hydrogens is 215 g/mol. The molecule has 3 N–H and O–H groups in total. The summed E-state index contributed by atoms with van der Waals surface area (Å²) in [7, 11) is 0. The molecule has 0 saturated heterocycles. The van der Waals surface area contributed by atoms with Crippen LogP contribution in [0.5, 0.6) is 0 Å². The van der Waals surface area contributed by atoms with E-state index < -0.39 is 10.9 Å². The van der Waals surface area contributed by atoms with Crippen molar-refractivity contribution in [3.63, 3.8) is 0 Å². The number of nitrogens with two attached hydrogens (primary N) is 1. The number of aliphatic hydroxyl groups excluding tert-OH is 1. The summed E-state index contributed by atoms with van der Waals surface area (Å²) in [6.45, 7) is 1.89. The first kappa shape index (κ1) is 14.1. The summed E-state index contributed by atoms with van der Waals surface area (Å²) in [4.78, 5) is 0. The van der Waals surface area contributed by atoms with Gasteiger partial charge in [-0.1, -0.05) is 18.7 Å². The highest BCUT2D eigenvalue weighted by atomic mass is 32.2. The Balaban J connectivity index is 3.95. The van der Waals surface area contributed by atoms with E-state index in [0.717, 1.165) is 0 Å². The van der Waals surface area contributed by atoms with Crippen molar-refractivity contribution in [1.82, 2.24) is 0 Å². The van der Waals surface area contributed by atoms with Gasteiger partial charge in [0.25, 0.3) is 0 Å². The number of rotatable bonds is 6. The molecule has 0 aliphatic heterocycles. The maximum Gasteiger partial charge on any atom is 0.441 e. The average molecular weight is 231 g/mol. The van der Waals surface area contributed by atoms with Gasteiger partial charge in [0.1, 0.15) is 0 Å². The molecule has 0 amide bonds. The number of thioether (sulfide) groups is 1. The lowest BCUT2D eigenvalue weighted by Crippen LogP contribution is -2.34. The van der Waals surface area contributed by atoms with E-state index in [-0.39, 0.29) is 30.7 Å². The lowest BCUT2D eigenvalue weighted by Gasteiger charge is -2.28. The third-order valence-corrected chi connectivity index (χ3v) is 3.15. The number of hydrogen-bond donors (Lipinski definition) is 2. The zero-order valence-corrected chi connectivity index (χ0v) is 8.92. The smallest absolute Gasteiger partial charge is 0.396 e. The molecule has 0 aromatic rings. The van der Waals surface area contributed by atoms with Gasteiger partial charge in [0.2, 0.25) is 0 Å². The Bertz CT molecular complexity index is 151. The average Bonchev–Trinajstić information content (AvgIpc) is 2.11. The molecule has 1 atom stereocenters. The summed E-state index contributed by atoms with van der Waals surface area (Å²) in [6, 6.07) is 0. The van der Waals surface area contributed by atoms with Gasteiger partial charge in [0, 0.05) is 24.3 Å². The van der Waals surface area contributed by atoms with E-state index in [0.29, 0.717) is 12.8 Å². The predicted octanol–water partition coefficient (Wildman–Crippen LogP) is 1.98. The Kier molecular flexibility index (Phi) is 5.85. The second-order valence-electron chi connectivity index (χ2n) is 3.26. The van der Waals surface area contributed by atoms with Crippen LogP contribution in [0.15, 0.2) is 0 Å². The molecule has 2 nitrogen and oxygen atoms in total. The van der Waals surface area contributed by atoms with Gasteiger partial charge in [0.05, 0.1) is 0 Å². The van der Waals surface area contributed by atoms with E-state index in [1.54, 1.807) is 0 Å². The Hall–Kier alpha value is 0.0600. The summed E-state index contributed by atoms with van der Waals surface area (Å²) in [5, 5.41) is 9.04. The summed E-state index contributed by atoms with van der Waals surface area (Å²) < 4.78 is 35.4. The maximum atomic E-state index is 11.8. The van der Waals surface area contributed by atoms with Crippen molar-refractivity contribution in [2.24, 2.45) is 11.1 Å². The van der Waals surface area contributed by atoms with E-state index in [9.17, 15) is 13.2 Å². The van der Waals surface area contributed by atoms with Gasteiger partial charge in [-0.05, 0) is 12.8 Å². The van der Waals surface area contributed by atoms with Crippen LogP contribution in [0.2, 0.25) is 0 Å². The fraction of sp³-hybridized carbons (Fsp3) is 1.00. The second kappa shape index (κ2) is 5.82. The van der Waals surface area contributed by atoms with Gasteiger partial charge in [-0.3, -0.25) is 0 Å². The largest absolute Gasteiger partial charge is 0.441 e. The Morgan fingerprint density at radius 3 is 2.21 bits per heavy atom. The van der Waals surface area contributed by atoms with Crippen molar-refractivity contribution >= 4 is 11.8 Å². The van der Waals surface area contributed by atoms with Crippen molar-refractivity contribution in [2.75, 3.05) is 18.9 Å². The molecule has 0 saturated carbocycles. The molecule has 14 heavy (non-hydrogen) atoms. The zero-order chi connectivity index (χ0) is 11.2. The molecular formula is C8H16F3NOS. The fourth-order valence-corrected chi connectivity index (χ4v) is 1.83. The molecule has 0 aliphatic rings. The van der Waals surface area contributed by atoms with Crippen molar-refractivity contribution in [3.05, 3.63) is 0 Å². The van der Waals surface area contributed by atoms with Gasteiger partial charge in [0.15, 0.2) is 0 Å². The molecule has 0 radical (unpaired) electrons. The van der Waals surface area contributed by atoms with Gasteiger partial charge in [-0.15, -0.1) is 0 Å². The standard InChI is InChI=1S/C8H16F3NOS/c1-2-7(5-12,6-13)3-4-14-8(9,10)11/h13H,2-6,12H2,1H3. The molecule has 0 spiro atoms. The Morgan fingerprint density at radius 1 is 1.36 bits per heavy atom. The molecule has 0 aromatic heterocycles. The van der Waals surface area contributed by atoms with Gasteiger partial charge in [-0.2, -0.15) is 13.2 Å². The van der Waals surface area contributed by atoms with Crippen LogP contribution in [0.4, 0.5) is 13.2 Å². The summed E-state index contributed by atoms with van der Waals surface area (Å²) in [5.41, 5.74) is 0.694. The normalized spacial score (nSPS) is 16.7. The van der Waals surface area contributed by atoms with E-state index in [2.05, 4.69) is 0 Å². The number of halogens is 3. The van der Waals surface area contributed by atoms with Crippen LogP contribution < -0.4 is 5.73 Å². The van der Waals surface area contributed by atoms with E-state index in [1.165, 1.54) is 0 Å². The Morgan fingerprint density at radius 2 is 1.93 bits per heavy atom. The molecule has 0 rings (SSSR count). The lowest BCUT2D eigenvalue weighted by molar-refractivity contribution is -0.0330. The summed E-state index contributed by atoms with van der Waals surface area (Å²) in [5.74, 6) is -0.0465. The Labute approximate surface area is 86.0 Å². The zero-order valence-electron chi connectivity index (χ0n) is 8.10. The number of aliphatic hydroxyl groups is 1. The fourth-order valence-electron chi connectivity index (χ4n) is 1.06. The molecule has 1 unspecified atom stereocenters. The van der Waals surface area contributed by atoms with Crippen LogP contribution in [0.1, 0.15) is 19.8 Å². The van der Waals surface area contributed by atoms with Gasteiger partial charge in [-0.25, -0.2) is 0 Å². The molecule has 0 bridgehead atoms. The summed E-state index contributed by atoms with van der Waals surface area (Å²) >= 11 is -0.0601. The highest BCUT2D eigenvalue weighted by Crippen LogP contribution is 2.34. The highest BCUT2D eigenvalue weighted by molar-refractivity contribution is 8.00. The lowest BCUT2D eigenvalue weighted by atomic mass is 9.83. The molecule has 0 fully saturated rings. The van der Waals surface area contributed by atoms with Gasteiger partial charge < -0.3 is 10.8 Å². The quantitative estimate of drug-likeness (QED) is 0.734. The molecule has 0 aromatic carbocycles. The topological polar surface area (TPSA) is 46.2 Å². The van der Waals surface area contributed by atoms with Crippen molar-refractivity contribution in [1.29, 1.82) is 0 Å². The first-order chi connectivity index (χ1) is 6.39. The predicted molar refractivity (Wildman–Crippen MR) is 52.0 cm³/mol. The van der Waals surface area contributed by atoms with Crippen molar-refractivity contribution < 1.29 is 18.3 Å². The van der Waals surface area contributed by atoms with Crippen LogP contribution in [-0.4, -0.2) is 29.5 Å². The molecule has 0 aliphatic carbocycles. The molecule has 6 heteroatoms. The highest BCUT2D eigenvalue weighted by Gasteiger charge is 2.31. The minimum Gasteiger partial charge on any atom is -0.396 e. The van der Waals surface area contributed by atoms with E-state index >= 15 is 0 Å². The maximum absolute atomic E-state index is 11.8.